The molecule has 0 aliphatic rings. The first kappa shape index (κ1) is 11.9. The van der Waals surface area contributed by atoms with Gasteiger partial charge in [0.05, 0.1) is 16.0 Å². The van der Waals surface area contributed by atoms with Crippen molar-refractivity contribution in [3.63, 3.8) is 0 Å². The first-order chi connectivity index (χ1) is 7.15. The lowest BCUT2D eigenvalue weighted by atomic mass is 10.4. The number of pyridine rings is 1. The SMILES string of the molecule is NCCCOc1ncc([N+](=O)[O-])cc1Br. The fourth-order valence-electron chi connectivity index (χ4n) is 0.874. The Kier molecular flexibility index (Phi) is 4.44. The molecule has 0 spiro atoms. The average Bonchev–Trinajstić information content (AvgIpc) is 2.20. The summed E-state index contributed by atoms with van der Waals surface area (Å²) in [7, 11) is 0. The standard InChI is InChI=1S/C8H10BrN3O3/c9-7-4-6(12(13)14)5-11-8(7)15-3-1-2-10/h4-5H,1-3,10H2. The third kappa shape index (κ3) is 3.45. The van der Waals surface area contributed by atoms with E-state index in [-0.39, 0.29) is 5.69 Å². The Morgan fingerprint density at radius 2 is 2.40 bits per heavy atom. The molecule has 0 saturated heterocycles. The summed E-state index contributed by atoms with van der Waals surface area (Å²) in [5, 5.41) is 10.4. The van der Waals surface area contributed by atoms with Gasteiger partial charge in [-0.3, -0.25) is 10.1 Å². The van der Waals surface area contributed by atoms with Gasteiger partial charge in [0.2, 0.25) is 5.88 Å². The quantitative estimate of drug-likeness (QED) is 0.499. The lowest BCUT2D eigenvalue weighted by molar-refractivity contribution is -0.385. The van der Waals surface area contributed by atoms with Crippen LogP contribution in [0.2, 0.25) is 0 Å². The molecule has 0 radical (unpaired) electrons. The smallest absolute Gasteiger partial charge is 0.288 e. The van der Waals surface area contributed by atoms with Gasteiger partial charge >= 0.3 is 0 Å². The van der Waals surface area contributed by atoms with E-state index in [4.69, 9.17) is 10.5 Å². The maximum Gasteiger partial charge on any atom is 0.288 e. The third-order valence-corrected chi connectivity index (χ3v) is 2.16. The second-order valence-electron chi connectivity index (χ2n) is 2.73. The van der Waals surface area contributed by atoms with Gasteiger partial charge in [0.15, 0.2) is 0 Å². The number of halogens is 1. The van der Waals surface area contributed by atoms with Crippen LogP contribution in [0.5, 0.6) is 5.88 Å². The third-order valence-electron chi connectivity index (χ3n) is 1.59. The molecule has 0 aromatic carbocycles. The van der Waals surface area contributed by atoms with Crippen LogP contribution in [0, 0.1) is 10.1 Å². The van der Waals surface area contributed by atoms with Crippen LogP contribution in [0.15, 0.2) is 16.7 Å². The highest BCUT2D eigenvalue weighted by Gasteiger charge is 2.10. The minimum Gasteiger partial charge on any atom is -0.477 e. The summed E-state index contributed by atoms with van der Waals surface area (Å²) in [5.41, 5.74) is 5.22. The molecule has 0 amide bonds. The number of nitrogens with two attached hydrogens (primary N) is 1. The van der Waals surface area contributed by atoms with Crippen molar-refractivity contribution < 1.29 is 9.66 Å². The number of hydrogen-bond acceptors (Lipinski definition) is 5. The maximum absolute atomic E-state index is 10.4. The van der Waals surface area contributed by atoms with E-state index in [0.29, 0.717) is 29.9 Å². The summed E-state index contributed by atoms with van der Waals surface area (Å²) >= 11 is 3.14. The molecule has 0 atom stereocenters. The van der Waals surface area contributed by atoms with E-state index in [1.807, 2.05) is 0 Å². The van der Waals surface area contributed by atoms with Crippen molar-refractivity contribution in [2.75, 3.05) is 13.2 Å². The number of aromatic nitrogens is 1. The maximum atomic E-state index is 10.4. The van der Waals surface area contributed by atoms with Gasteiger partial charge in [-0.25, -0.2) is 4.98 Å². The van der Waals surface area contributed by atoms with Gasteiger partial charge in [-0.2, -0.15) is 0 Å². The van der Waals surface area contributed by atoms with Crippen LogP contribution < -0.4 is 10.5 Å². The van der Waals surface area contributed by atoms with Crippen LogP contribution in [0.1, 0.15) is 6.42 Å². The largest absolute Gasteiger partial charge is 0.477 e. The summed E-state index contributed by atoms with van der Waals surface area (Å²) in [5.74, 6) is 0.342. The molecule has 0 saturated carbocycles. The molecule has 0 unspecified atom stereocenters. The number of nitro groups is 1. The van der Waals surface area contributed by atoms with Crippen molar-refractivity contribution in [2.24, 2.45) is 5.73 Å². The highest BCUT2D eigenvalue weighted by Crippen LogP contribution is 2.26. The van der Waals surface area contributed by atoms with Crippen LogP contribution in [0.3, 0.4) is 0 Å². The summed E-state index contributed by atoms with van der Waals surface area (Å²) in [4.78, 5) is 13.7. The molecule has 1 rings (SSSR count). The molecule has 7 heteroatoms. The van der Waals surface area contributed by atoms with E-state index in [1.54, 1.807) is 0 Å². The van der Waals surface area contributed by atoms with E-state index in [2.05, 4.69) is 20.9 Å². The Hall–Kier alpha value is -1.21. The lowest BCUT2D eigenvalue weighted by Crippen LogP contribution is -2.07. The molecular weight excluding hydrogens is 266 g/mol. The molecule has 0 aliphatic carbocycles. The Balaban J connectivity index is 2.70. The van der Waals surface area contributed by atoms with E-state index < -0.39 is 4.92 Å². The van der Waals surface area contributed by atoms with Crippen LogP contribution in [0.4, 0.5) is 5.69 Å². The van der Waals surface area contributed by atoms with Crippen molar-refractivity contribution in [1.82, 2.24) is 4.98 Å². The summed E-state index contributed by atoms with van der Waals surface area (Å²) in [6.07, 6.45) is 1.87. The highest BCUT2D eigenvalue weighted by molar-refractivity contribution is 9.10. The molecule has 15 heavy (non-hydrogen) atoms. The molecule has 0 bridgehead atoms. The first-order valence-corrected chi connectivity index (χ1v) is 5.07. The van der Waals surface area contributed by atoms with Crippen LogP contribution in [-0.4, -0.2) is 23.1 Å². The number of ether oxygens (including phenoxy) is 1. The van der Waals surface area contributed by atoms with Gasteiger partial charge in [-0.05, 0) is 28.9 Å². The van der Waals surface area contributed by atoms with Crippen LogP contribution in [-0.2, 0) is 0 Å². The molecular formula is C8H10BrN3O3. The van der Waals surface area contributed by atoms with Crippen molar-refractivity contribution >= 4 is 21.6 Å². The topological polar surface area (TPSA) is 91.3 Å². The first-order valence-electron chi connectivity index (χ1n) is 4.28. The summed E-state index contributed by atoms with van der Waals surface area (Å²) in [6, 6.07) is 1.35. The van der Waals surface area contributed by atoms with E-state index >= 15 is 0 Å². The minimum atomic E-state index is -0.512. The van der Waals surface area contributed by atoms with Gasteiger partial charge in [-0.1, -0.05) is 0 Å². The molecule has 1 aromatic rings. The molecule has 1 aromatic heterocycles. The summed E-state index contributed by atoms with van der Waals surface area (Å²) in [6.45, 7) is 0.977. The Morgan fingerprint density at radius 3 is 2.93 bits per heavy atom. The molecule has 0 fully saturated rings. The van der Waals surface area contributed by atoms with E-state index in [0.717, 1.165) is 6.20 Å². The zero-order valence-electron chi connectivity index (χ0n) is 7.85. The van der Waals surface area contributed by atoms with Crippen LogP contribution in [0.25, 0.3) is 0 Å². The molecule has 6 nitrogen and oxygen atoms in total. The lowest BCUT2D eigenvalue weighted by Gasteiger charge is -2.05. The molecule has 2 N–H and O–H groups in total. The predicted octanol–water partition coefficient (Wildman–Crippen LogP) is 1.48. The molecule has 82 valence electrons. The minimum absolute atomic E-state index is 0.0759. The Bertz CT molecular complexity index is 359. The van der Waals surface area contributed by atoms with Crippen molar-refractivity contribution in [1.29, 1.82) is 0 Å². The molecule has 0 aliphatic heterocycles. The van der Waals surface area contributed by atoms with E-state index in [9.17, 15) is 10.1 Å². The van der Waals surface area contributed by atoms with Crippen molar-refractivity contribution in [3.8, 4) is 5.88 Å². The zero-order chi connectivity index (χ0) is 11.3. The zero-order valence-corrected chi connectivity index (χ0v) is 9.44. The van der Waals surface area contributed by atoms with Gasteiger partial charge in [-0.15, -0.1) is 0 Å². The van der Waals surface area contributed by atoms with Gasteiger partial charge in [0.25, 0.3) is 5.69 Å². The monoisotopic (exact) mass is 275 g/mol. The average molecular weight is 276 g/mol. The fraction of sp³-hybridized carbons (Fsp3) is 0.375. The Morgan fingerprint density at radius 1 is 1.67 bits per heavy atom. The van der Waals surface area contributed by atoms with Gasteiger partial charge in [0, 0.05) is 6.07 Å². The van der Waals surface area contributed by atoms with E-state index in [1.165, 1.54) is 6.07 Å². The van der Waals surface area contributed by atoms with Crippen molar-refractivity contribution in [3.05, 3.63) is 26.9 Å². The van der Waals surface area contributed by atoms with Crippen molar-refractivity contribution in [2.45, 2.75) is 6.42 Å². The summed E-state index contributed by atoms with van der Waals surface area (Å²) < 4.78 is 5.72. The molecule has 1 heterocycles. The normalized spacial score (nSPS) is 10.0. The Labute approximate surface area is 94.7 Å². The number of rotatable bonds is 5. The van der Waals surface area contributed by atoms with Crippen LogP contribution >= 0.6 is 15.9 Å². The second-order valence-corrected chi connectivity index (χ2v) is 3.58. The van der Waals surface area contributed by atoms with Gasteiger partial charge in [0.1, 0.15) is 6.20 Å². The van der Waals surface area contributed by atoms with Gasteiger partial charge < -0.3 is 10.5 Å². The predicted molar refractivity (Wildman–Crippen MR) is 57.8 cm³/mol. The fourth-order valence-corrected chi connectivity index (χ4v) is 1.32. The number of hydrogen-bond donors (Lipinski definition) is 1. The highest BCUT2D eigenvalue weighted by atomic mass is 79.9. The number of nitrogens with zero attached hydrogens (tertiary/aromatic N) is 2. The second kappa shape index (κ2) is 5.62.